The van der Waals surface area contributed by atoms with Gasteiger partial charge < -0.3 is 10.1 Å². The van der Waals surface area contributed by atoms with Crippen molar-refractivity contribution in [1.29, 1.82) is 0 Å². The average molecular weight is 219 g/mol. The van der Waals surface area contributed by atoms with Crippen molar-refractivity contribution in [2.75, 3.05) is 13.7 Å². The van der Waals surface area contributed by atoms with Gasteiger partial charge in [0.25, 0.3) is 0 Å². The van der Waals surface area contributed by atoms with Crippen molar-refractivity contribution in [1.82, 2.24) is 5.32 Å². The van der Waals surface area contributed by atoms with Crippen molar-refractivity contribution in [2.45, 2.75) is 13.3 Å². The Morgan fingerprint density at radius 1 is 1.50 bits per heavy atom. The Kier molecular flexibility index (Phi) is 5.12. The molecular formula is C13H17NO2. The van der Waals surface area contributed by atoms with Crippen molar-refractivity contribution in [3.8, 4) is 5.75 Å². The fraction of sp³-hybridized carbons (Fsp3) is 0.308. The average Bonchev–Trinajstić information content (AvgIpc) is 2.34. The maximum Gasteiger partial charge on any atom is 0.243 e. The predicted octanol–water partition coefficient (Wildman–Crippen LogP) is 2.23. The SMILES string of the molecule is CCCNC(=O)/C=C/c1cccc(OC)c1. The maximum atomic E-state index is 11.3. The van der Waals surface area contributed by atoms with Crippen LogP contribution in [0.15, 0.2) is 30.3 Å². The molecule has 0 aliphatic rings. The van der Waals surface area contributed by atoms with Gasteiger partial charge in [0.05, 0.1) is 7.11 Å². The van der Waals surface area contributed by atoms with Gasteiger partial charge in [-0.15, -0.1) is 0 Å². The number of nitrogens with one attached hydrogen (secondary N) is 1. The standard InChI is InChI=1S/C13H17NO2/c1-3-9-14-13(15)8-7-11-5-4-6-12(10-11)16-2/h4-8,10H,3,9H2,1-2H3,(H,14,15)/b8-7+. The minimum atomic E-state index is -0.0651. The van der Waals surface area contributed by atoms with Crippen LogP contribution in [0.5, 0.6) is 5.75 Å². The molecule has 1 rings (SSSR count). The van der Waals surface area contributed by atoms with Crippen LogP contribution in [0.3, 0.4) is 0 Å². The molecule has 0 aliphatic carbocycles. The molecule has 3 heteroatoms. The fourth-order valence-corrected chi connectivity index (χ4v) is 1.22. The third-order valence-electron chi connectivity index (χ3n) is 2.07. The zero-order valence-corrected chi connectivity index (χ0v) is 9.69. The molecule has 0 aliphatic heterocycles. The molecule has 0 spiro atoms. The van der Waals surface area contributed by atoms with Crippen LogP contribution in [0.25, 0.3) is 6.08 Å². The van der Waals surface area contributed by atoms with Gasteiger partial charge >= 0.3 is 0 Å². The van der Waals surface area contributed by atoms with E-state index in [2.05, 4.69) is 5.32 Å². The molecule has 0 heterocycles. The van der Waals surface area contributed by atoms with E-state index in [1.807, 2.05) is 31.2 Å². The van der Waals surface area contributed by atoms with E-state index in [1.54, 1.807) is 13.2 Å². The van der Waals surface area contributed by atoms with E-state index in [-0.39, 0.29) is 5.91 Å². The lowest BCUT2D eigenvalue weighted by Crippen LogP contribution is -2.21. The first-order chi connectivity index (χ1) is 7.76. The summed E-state index contributed by atoms with van der Waals surface area (Å²) in [6.07, 6.45) is 4.25. The van der Waals surface area contributed by atoms with Crippen molar-refractivity contribution in [3.05, 3.63) is 35.9 Å². The van der Waals surface area contributed by atoms with Gasteiger partial charge in [0.2, 0.25) is 5.91 Å². The first-order valence-electron chi connectivity index (χ1n) is 5.36. The summed E-state index contributed by atoms with van der Waals surface area (Å²) in [5.74, 6) is 0.723. The van der Waals surface area contributed by atoms with Gasteiger partial charge in [0.15, 0.2) is 0 Å². The molecule has 16 heavy (non-hydrogen) atoms. The summed E-state index contributed by atoms with van der Waals surface area (Å²) in [6.45, 7) is 2.73. The predicted molar refractivity (Wildman–Crippen MR) is 65.3 cm³/mol. The number of carbonyl (C=O) groups is 1. The Hall–Kier alpha value is -1.77. The zero-order chi connectivity index (χ0) is 11.8. The first-order valence-corrected chi connectivity index (χ1v) is 5.36. The van der Waals surface area contributed by atoms with Crippen molar-refractivity contribution < 1.29 is 9.53 Å². The lowest BCUT2D eigenvalue weighted by molar-refractivity contribution is -0.116. The lowest BCUT2D eigenvalue weighted by atomic mass is 10.2. The summed E-state index contributed by atoms with van der Waals surface area (Å²) in [7, 11) is 1.62. The van der Waals surface area contributed by atoms with Gasteiger partial charge in [-0.05, 0) is 30.2 Å². The molecular weight excluding hydrogens is 202 g/mol. The van der Waals surface area contributed by atoms with Crippen LogP contribution < -0.4 is 10.1 Å². The van der Waals surface area contributed by atoms with Crippen LogP contribution in [0.1, 0.15) is 18.9 Å². The molecule has 1 aromatic carbocycles. The van der Waals surface area contributed by atoms with Crippen molar-refractivity contribution >= 4 is 12.0 Å². The van der Waals surface area contributed by atoms with Gasteiger partial charge in [-0.25, -0.2) is 0 Å². The molecule has 1 amide bonds. The molecule has 0 fully saturated rings. The summed E-state index contributed by atoms with van der Waals surface area (Å²) in [6, 6.07) is 7.56. The molecule has 0 saturated heterocycles. The number of hydrogen-bond acceptors (Lipinski definition) is 2. The van der Waals surface area contributed by atoms with E-state index < -0.39 is 0 Å². The molecule has 3 nitrogen and oxygen atoms in total. The lowest BCUT2D eigenvalue weighted by Gasteiger charge is -2.00. The van der Waals surface area contributed by atoms with Gasteiger partial charge in [0, 0.05) is 12.6 Å². The maximum absolute atomic E-state index is 11.3. The normalized spacial score (nSPS) is 10.4. The number of methoxy groups -OCH3 is 1. The highest BCUT2D eigenvalue weighted by molar-refractivity contribution is 5.91. The summed E-state index contributed by atoms with van der Waals surface area (Å²) in [4.78, 5) is 11.3. The molecule has 0 unspecified atom stereocenters. The smallest absolute Gasteiger partial charge is 0.243 e. The van der Waals surface area contributed by atoms with Crippen LogP contribution in [0, 0.1) is 0 Å². The minimum absolute atomic E-state index is 0.0651. The highest BCUT2D eigenvalue weighted by Crippen LogP contribution is 2.13. The van der Waals surface area contributed by atoms with Crippen LogP contribution in [0.4, 0.5) is 0 Å². The van der Waals surface area contributed by atoms with Crippen molar-refractivity contribution in [3.63, 3.8) is 0 Å². The first kappa shape index (κ1) is 12.3. The van der Waals surface area contributed by atoms with Gasteiger partial charge in [-0.1, -0.05) is 19.1 Å². The second kappa shape index (κ2) is 6.67. The van der Waals surface area contributed by atoms with Crippen molar-refractivity contribution in [2.24, 2.45) is 0 Å². The van der Waals surface area contributed by atoms with E-state index in [9.17, 15) is 4.79 Å². The summed E-state index contributed by atoms with van der Waals surface area (Å²) >= 11 is 0. The van der Waals surface area contributed by atoms with E-state index in [0.29, 0.717) is 6.54 Å². The molecule has 86 valence electrons. The Morgan fingerprint density at radius 2 is 2.31 bits per heavy atom. The Balaban J connectivity index is 2.58. The molecule has 0 saturated carbocycles. The number of amides is 1. The molecule has 0 bridgehead atoms. The number of hydrogen-bond donors (Lipinski definition) is 1. The highest BCUT2D eigenvalue weighted by atomic mass is 16.5. The topological polar surface area (TPSA) is 38.3 Å². The molecule has 1 aromatic rings. The number of ether oxygens (including phenoxy) is 1. The molecule has 0 aromatic heterocycles. The van der Waals surface area contributed by atoms with E-state index in [1.165, 1.54) is 6.08 Å². The summed E-state index contributed by atoms with van der Waals surface area (Å²) in [5.41, 5.74) is 0.950. The quantitative estimate of drug-likeness (QED) is 0.771. The molecule has 1 N–H and O–H groups in total. The molecule has 0 atom stereocenters. The van der Waals surface area contributed by atoms with Crippen LogP contribution in [0.2, 0.25) is 0 Å². The second-order valence-corrected chi connectivity index (χ2v) is 3.40. The molecule has 0 radical (unpaired) electrons. The van der Waals surface area contributed by atoms with Gasteiger partial charge in [-0.2, -0.15) is 0 Å². The Morgan fingerprint density at radius 3 is 3.00 bits per heavy atom. The van der Waals surface area contributed by atoms with Crippen LogP contribution in [-0.2, 0) is 4.79 Å². The number of rotatable bonds is 5. The van der Waals surface area contributed by atoms with Gasteiger partial charge in [-0.3, -0.25) is 4.79 Å². The summed E-state index contributed by atoms with van der Waals surface area (Å²) < 4.78 is 5.09. The van der Waals surface area contributed by atoms with Gasteiger partial charge in [0.1, 0.15) is 5.75 Å². The zero-order valence-electron chi connectivity index (χ0n) is 9.69. The fourth-order valence-electron chi connectivity index (χ4n) is 1.22. The highest BCUT2D eigenvalue weighted by Gasteiger charge is 1.94. The Labute approximate surface area is 96.1 Å². The monoisotopic (exact) mass is 219 g/mol. The Bertz CT molecular complexity index is 372. The van der Waals surface area contributed by atoms with E-state index in [4.69, 9.17) is 4.74 Å². The summed E-state index contributed by atoms with van der Waals surface area (Å²) in [5, 5.41) is 2.77. The van der Waals surface area contributed by atoms with E-state index in [0.717, 1.165) is 17.7 Å². The minimum Gasteiger partial charge on any atom is -0.497 e. The third kappa shape index (κ3) is 4.17. The van der Waals surface area contributed by atoms with Crippen LogP contribution in [-0.4, -0.2) is 19.6 Å². The third-order valence-corrected chi connectivity index (χ3v) is 2.07. The second-order valence-electron chi connectivity index (χ2n) is 3.40. The van der Waals surface area contributed by atoms with E-state index >= 15 is 0 Å². The van der Waals surface area contributed by atoms with Crippen LogP contribution >= 0.6 is 0 Å². The largest absolute Gasteiger partial charge is 0.497 e. The number of benzene rings is 1. The number of carbonyl (C=O) groups excluding carboxylic acids is 1.